The molecule has 2 nitrogen and oxygen atoms in total. The molecular formula is C17H21NO. The van der Waals surface area contributed by atoms with Gasteiger partial charge in [-0.2, -0.15) is 0 Å². The van der Waals surface area contributed by atoms with Gasteiger partial charge in [0.15, 0.2) is 0 Å². The molecule has 0 bridgehead atoms. The van der Waals surface area contributed by atoms with Gasteiger partial charge < -0.3 is 4.90 Å². The number of hydrogen-bond acceptors (Lipinski definition) is 1. The fourth-order valence-corrected chi connectivity index (χ4v) is 2.16. The van der Waals surface area contributed by atoms with E-state index in [1.54, 1.807) is 6.08 Å². The van der Waals surface area contributed by atoms with Crippen LogP contribution in [0.4, 0.5) is 0 Å². The summed E-state index contributed by atoms with van der Waals surface area (Å²) in [6.07, 6.45) is 6.04. The molecule has 0 saturated heterocycles. The molecule has 0 aliphatic heterocycles. The number of nitrogens with zero attached hydrogens (tertiary/aromatic N) is 1. The zero-order valence-electron chi connectivity index (χ0n) is 11.5. The molecule has 0 radical (unpaired) electrons. The molecule has 1 aliphatic rings. The van der Waals surface area contributed by atoms with Crippen LogP contribution in [-0.2, 0) is 4.79 Å². The normalized spacial score (nSPS) is 15.1. The average molecular weight is 255 g/mol. The Morgan fingerprint density at radius 1 is 1.37 bits per heavy atom. The maximum absolute atomic E-state index is 12.1. The first-order chi connectivity index (χ1) is 9.20. The summed E-state index contributed by atoms with van der Waals surface area (Å²) >= 11 is 0. The standard InChI is InChI=1S/C17H21NO/c1-3-11-18(17(19)16-9-10-16)13-14(2)12-15-7-5-4-6-8-15/h3-8,12,16H,1,9-11,13H2,2H3. The highest BCUT2D eigenvalue weighted by Gasteiger charge is 2.32. The smallest absolute Gasteiger partial charge is 0.226 e. The van der Waals surface area contributed by atoms with E-state index < -0.39 is 0 Å². The first-order valence-corrected chi connectivity index (χ1v) is 6.82. The molecule has 1 fully saturated rings. The SMILES string of the molecule is C=CCN(CC(C)=Cc1ccccc1)C(=O)C1CC1. The van der Waals surface area contributed by atoms with E-state index in [1.807, 2.05) is 23.1 Å². The van der Waals surface area contributed by atoms with Crippen molar-refractivity contribution < 1.29 is 4.79 Å². The zero-order chi connectivity index (χ0) is 13.7. The van der Waals surface area contributed by atoms with Gasteiger partial charge in [-0.15, -0.1) is 6.58 Å². The Morgan fingerprint density at radius 2 is 2.05 bits per heavy atom. The van der Waals surface area contributed by atoms with Crippen LogP contribution in [0.5, 0.6) is 0 Å². The summed E-state index contributed by atoms with van der Waals surface area (Å²) in [7, 11) is 0. The molecule has 0 N–H and O–H groups in total. The minimum atomic E-state index is 0.268. The second-order valence-corrected chi connectivity index (χ2v) is 5.18. The molecule has 1 amide bonds. The van der Waals surface area contributed by atoms with Gasteiger partial charge in [-0.3, -0.25) is 4.79 Å². The van der Waals surface area contributed by atoms with E-state index >= 15 is 0 Å². The number of carbonyl (C=O) groups is 1. The van der Waals surface area contributed by atoms with Gasteiger partial charge in [0.2, 0.25) is 5.91 Å². The Balaban J connectivity index is 2.01. The van der Waals surface area contributed by atoms with Crippen molar-refractivity contribution in [3.8, 4) is 0 Å². The summed E-state index contributed by atoms with van der Waals surface area (Å²) in [5.41, 5.74) is 2.37. The number of amides is 1. The maximum Gasteiger partial charge on any atom is 0.226 e. The van der Waals surface area contributed by atoms with Crippen LogP contribution in [0, 0.1) is 5.92 Å². The highest BCUT2D eigenvalue weighted by molar-refractivity contribution is 5.81. The molecule has 1 aromatic rings. The molecule has 0 spiro atoms. The van der Waals surface area contributed by atoms with Crippen LogP contribution < -0.4 is 0 Å². The lowest BCUT2D eigenvalue weighted by Gasteiger charge is -2.21. The fraction of sp³-hybridized carbons (Fsp3) is 0.353. The van der Waals surface area contributed by atoms with Crippen LogP contribution in [0.2, 0.25) is 0 Å². The average Bonchev–Trinajstić information content (AvgIpc) is 3.23. The molecule has 0 unspecified atom stereocenters. The van der Waals surface area contributed by atoms with Gasteiger partial charge in [0, 0.05) is 19.0 Å². The molecule has 1 aliphatic carbocycles. The van der Waals surface area contributed by atoms with Crippen LogP contribution in [0.3, 0.4) is 0 Å². The van der Waals surface area contributed by atoms with Gasteiger partial charge in [-0.05, 0) is 25.3 Å². The van der Waals surface area contributed by atoms with Crippen LogP contribution in [0.15, 0.2) is 48.6 Å². The largest absolute Gasteiger partial charge is 0.335 e. The van der Waals surface area contributed by atoms with Crippen molar-refractivity contribution in [2.75, 3.05) is 13.1 Å². The zero-order valence-corrected chi connectivity index (χ0v) is 11.5. The third-order valence-electron chi connectivity index (χ3n) is 3.24. The topological polar surface area (TPSA) is 20.3 Å². The first kappa shape index (κ1) is 13.6. The minimum Gasteiger partial charge on any atom is -0.335 e. The van der Waals surface area contributed by atoms with Gasteiger partial charge in [-0.1, -0.05) is 48.1 Å². The van der Waals surface area contributed by atoms with E-state index in [0.717, 1.165) is 12.8 Å². The third-order valence-corrected chi connectivity index (χ3v) is 3.24. The van der Waals surface area contributed by atoms with Gasteiger partial charge in [0.25, 0.3) is 0 Å². The Bertz CT molecular complexity index is 471. The summed E-state index contributed by atoms with van der Waals surface area (Å²) in [4.78, 5) is 14.0. The molecule has 0 aromatic heterocycles. The Labute approximate surface area is 115 Å². The first-order valence-electron chi connectivity index (χ1n) is 6.82. The molecule has 2 rings (SSSR count). The molecule has 2 heteroatoms. The highest BCUT2D eigenvalue weighted by Crippen LogP contribution is 2.31. The van der Waals surface area contributed by atoms with E-state index in [4.69, 9.17) is 0 Å². The summed E-state index contributed by atoms with van der Waals surface area (Å²) < 4.78 is 0. The monoisotopic (exact) mass is 255 g/mol. The van der Waals surface area contributed by atoms with Crippen LogP contribution in [0.25, 0.3) is 6.08 Å². The predicted octanol–water partition coefficient (Wildman–Crippen LogP) is 3.51. The summed E-state index contributed by atoms with van der Waals surface area (Å²) in [6, 6.07) is 10.2. The Morgan fingerprint density at radius 3 is 2.63 bits per heavy atom. The van der Waals surface area contributed by atoms with Crippen molar-refractivity contribution in [2.24, 2.45) is 5.92 Å². The lowest BCUT2D eigenvalue weighted by Crippen LogP contribution is -2.33. The number of rotatable bonds is 6. The molecule has 19 heavy (non-hydrogen) atoms. The molecule has 0 atom stereocenters. The molecule has 1 aromatic carbocycles. The maximum atomic E-state index is 12.1. The highest BCUT2D eigenvalue weighted by atomic mass is 16.2. The second-order valence-electron chi connectivity index (χ2n) is 5.18. The fourth-order valence-electron chi connectivity index (χ4n) is 2.16. The molecule has 0 heterocycles. The molecule has 100 valence electrons. The van der Waals surface area contributed by atoms with E-state index in [9.17, 15) is 4.79 Å². The minimum absolute atomic E-state index is 0.268. The van der Waals surface area contributed by atoms with E-state index in [2.05, 4.69) is 31.7 Å². The third kappa shape index (κ3) is 4.09. The summed E-state index contributed by atoms with van der Waals surface area (Å²) in [5, 5.41) is 0. The lowest BCUT2D eigenvalue weighted by atomic mass is 10.1. The quantitative estimate of drug-likeness (QED) is 0.712. The van der Waals surface area contributed by atoms with Crippen LogP contribution >= 0.6 is 0 Å². The Hall–Kier alpha value is -1.83. The van der Waals surface area contributed by atoms with Crippen molar-refractivity contribution in [1.29, 1.82) is 0 Å². The van der Waals surface area contributed by atoms with E-state index in [1.165, 1.54) is 11.1 Å². The van der Waals surface area contributed by atoms with Gasteiger partial charge >= 0.3 is 0 Å². The number of hydrogen-bond donors (Lipinski definition) is 0. The second kappa shape index (κ2) is 6.37. The van der Waals surface area contributed by atoms with Crippen molar-refractivity contribution in [1.82, 2.24) is 4.90 Å². The predicted molar refractivity (Wildman–Crippen MR) is 79.6 cm³/mol. The Kier molecular flexibility index (Phi) is 4.56. The van der Waals surface area contributed by atoms with Crippen LogP contribution in [0.1, 0.15) is 25.3 Å². The summed E-state index contributed by atoms with van der Waals surface area (Å²) in [5.74, 6) is 0.546. The van der Waals surface area contributed by atoms with Crippen molar-refractivity contribution in [3.05, 3.63) is 54.1 Å². The van der Waals surface area contributed by atoms with Crippen molar-refractivity contribution in [2.45, 2.75) is 19.8 Å². The van der Waals surface area contributed by atoms with Crippen molar-refractivity contribution >= 4 is 12.0 Å². The van der Waals surface area contributed by atoms with E-state index in [-0.39, 0.29) is 11.8 Å². The number of carbonyl (C=O) groups excluding carboxylic acids is 1. The van der Waals surface area contributed by atoms with Gasteiger partial charge in [-0.25, -0.2) is 0 Å². The lowest BCUT2D eigenvalue weighted by molar-refractivity contribution is -0.131. The van der Waals surface area contributed by atoms with Crippen molar-refractivity contribution in [3.63, 3.8) is 0 Å². The van der Waals surface area contributed by atoms with Gasteiger partial charge in [0.05, 0.1) is 0 Å². The molecular weight excluding hydrogens is 234 g/mol. The van der Waals surface area contributed by atoms with Crippen LogP contribution in [-0.4, -0.2) is 23.9 Å². The number of benzene rings is 1. The van der Waals surface area contributed by atoms with E-state index in [0.29, 0.717) is 13.1 Å². The molecule has 1 saturated carbocycles. The van der Waals surface area contributed by atoms with Gasteiger partial charge in [0.1, 0.15) is 0 Å². The summed E-state index contributed by atoms with van der Waals surface area (Å²) in [6.45, 7) is 7.14.